The van der Waals surface area contributed by atoms with E-state index in [0.717, 1.165) is 32.7 Å². The van der Waals surface area contributed by atoms with Crippen LogP contribution in [-0.4, -0.2) is 46.6 Å². The molecular weight excluding hydrogens is 356 g/mol. The molecule has 3 aromatic rings. The molecule has 0 aliphatic carbocycles. The highest BCUT2D eigenvalue weighted by Crippen LogP contribution is 2.39. The van der Waals surface area contributed by atoms with Gasteiger partial charge in [0.1, 0.15) is 5.75 Å². The SMILES string of the molecule is COc1ccc(-c2nc(N(C)C)sc2-c2ccnc(S(C)=O)n2)cc1. The topological polar surface area (TPSA) is 68.2 Å². The molecule has 2 aromatic heterocycles. The second-order valence-electron chi connectivity index (χ2n) is 5.48. The monoisotopic (exact) mass is 374 g/mol. The number of ether oxygens (including phenoxy) is 1. The zero-order valence-electron chi connectivity index (χ0n) is 14.4. The highest BCUT2D eigenvalue weighted by molar-refractivity contribution is 7.84. The summed E-state index contributed by atoms with van der Waals surface area (Å²) in [6.45, 7) is 0. The van der Waals surface area contributed by atoms with Crippen molar-refractivity contribution in [3.05, 3.63) is 36.5 Å². The Labute approximate surface area is 153 Å². The normalized spacial score (nSPS) is 12.0. The summed E-state index contributed by atoms with van der Waals surface area (Å²) in [5.74, 6) is 0.791. The summed E-state index contributed by atoms with van der Waals surface area (Å²) in [6, 6.07) is 9.56. The van der Waals surface area contributed by atoms with Gasteiger partial charge < -0.3 is 9.64 Å². The molecule has 1 atom stereocenters. The predicted molar refractivity (Wildman–Crippen MR) is 102 cm³/mol. The van der Waals surface area contributed by atoms with Gasteiger partial charge in [-0.3, -0.25) is 4.21 Å². The molecule has 2 heterocycles. The number of methoxy groups -OCH3 is 1. The number of thiazole rings is 1. The highest BCUT2D eigenvalue weighted by Gasteiger charge is 2.18. The summed E-state index contributed by atoms with van der Waals surface area (Å²) in [4.78, 5) is 16.2. The average molecular weight is 374 g/mol. The van der Waals surface area contributed by atoms with Crippen molar-refractivity contribution in [3.8, 4) is 27.6 Å². The quantitative estimate of drug-likeness (QED) is 0.639. The third-order valence-corrected chi connectivity index (χ3v) is 5.44. The molecule has 0 N–H and O–H groups in total. The summed E-state index contributed by atoms with van der Waals surface area (Å²) in [5.41, 5.74) is 2.53. The van der Waals surface area contributed by atoms with Crippen LogP contribution >= 0.6 is 11.3 Å². The Bertz CT molecular complexity index is 907. The van der Waals surface area contributed by atoms with E-state index < -0.39 is 10.8 Å². The van der Waals surface area contributed by atoms with E-state index in [1.54, 1.807) is 30.9 Å². The molecule has 1 aromatic carbocycles. The zero-order chi connectivity index (χ0) is 18.0. The van der Waals surface area contributed by atoms with Gasteiger partial charge in [0.2, 0.25) is 5.16 Å². The van der Waals surface area contributed by atoms with E-state index in [9.17, 15) is 4.21 Å². The lowest BCUT2D eigenvalue weighted by Gasteiger charge is -2.05. The third kappa shape index (κ3) is 3.69. The minimum absolute atomic E-state index is 0.318. The van der Waals surface area contributed by atoms with Gasteiger partial charge in [0.05, 0.1) is 34.2 Å². The lowest BCUT2D eigenvalue weighted by molar-refractivity contribution is 0.415. The van der Waals surface area contributed by atoms with Crippen LogP contribution in [0.3, 0.4) is 0 Å². The van der Waals surface area contributed by atoms with Crippen LogP contribution < -0.4 is 9.64 Å². The molecule has 0 amide bonds. The Balaban J connectivity index is 2.14. The number of hydrogen-bond donors (Lipinski definition) is 0. The van der Waals surface area contributed by atoms with Gasteiger partial charge in [0.25, 0.3) is 0 Å². The zero-order valence-corrected chi connectivity index (χ0v) is 16.0. The van der Waals surface area contributed by atoms with Crippen molar-refractivity contribution in [1.29, 1.82) is 0 Å². The fourth-order valence-electron chi connectivity index (χ4n) is 2.22. The van der Waals surface area contributed by atoms with Crippen LogP contribution in [0.2, 0.25) is 0 Å². The summed E-state index contributed by atoms with van der Waals surface area (Å²) < 4.78 is 16.9. The molecule has 0 radical (unpaired) electrons. The molecule has 25 heavy (non-hydrogen) atoms. The number of nitrogens with zero attached hydrogens (tertiary/aromatic N) is 4. The molecule has 1 unspecified atom stereocenters. The minimum Gasteiger partial charge on any atom is -0.497 e. The van der Waals surface area contributed by atoms with E-state index in [-0.39, 0.29) is 0 Å². The van der Waals surface area contributed by atoms with E-state index in [1.807, 2.05) is 49.3 Å². The molecule has 0 bridgehead atoms. The largest absolute Gasteiger partial charge is 0.497 e. The predicted octanol–water partition coefficient (Wildman–Crippen LogP) is 3.08. The first kappa shape index (κ1) is 17.5. The maximum absolute atomic E-state index is 11.7. The van der Waals surface area contributed by atoms with Crippen LogP contribution in [0.5, 0.6) is 5.75 Å². The standard InChI is InChI=1S/C17H18N4O2S2/c1-21(2)17-20-14(11-5-7-12(23-3)8-6-11)15(24-17)13-9-10-18-16(19-13)25(4)22/h5-10H,1-4H3. The van der Waals surface area contributed by atoms with E-state index in [1.165, 1.54) is 0 Å². The van der Waals surface area contributed by atoms with Gasteiger partial charge in [0.15, 0.2) is 5.13 Å². The van der Waals surface area contributed by atoms with Gasteiger partial charge in [0, 0.05) is 32.1 Å². The molecule has 8 heteroatoms. The molecule has 130 valence electrons. The molecule has 0 fully saturated rings. The van der Waals surface area contributed by atoms with Crippen molar-refractivity contribution >= 4 is 27.3 Å². The van der Waals surface area contributed by atoms with Gasteiger partial charge in [-0.15, -0.1) is 0 Å². The van der Waals surface area contributed by atoms with E-state index in [4.69, 9.17) is 9.72 Å². The maximum atomic E-state index is 11.7. The lowest BCUT2D eigenvalue weighted by atomic mass is 10.1. The Morgan fingerprint density at radius 2 is 1.84 bits per heavy atom. The fourth-order valence-corrected chi connectivity index (χ4v) is 3.64. The van der Waals surface area contributed by atoms with Gasteiger partial charge in [-0.2, -0.15) is 0 Å². The molecule has 0 aliphatic heterocycles. The molecule has 0 spiro atoms. The first-order valence-electron chi connectivity index (χ1n) is 7.49. The number of benzene rings is 1. The van der Waals surface area contributed by atoms with Crippen molar-refractivity contribution in [2.45, 2.75) is 5.16 Å². The van der Waals surface area contributed by atoms with E-state index >= 15 is 0 Å². The van der Waals surface area contributed by atoms with Gasteiger partial charge in [-0.05, 0) is 30.3 Å². The molecule has 3 rings (SSSR count). The highest BCUT2D eigenvalue weighted by atomic mass is 32.2. The van der Waals surface area contributed by atoms with Crippen LogP contribution in [-0.2, 0) is 10.8 Å². The number of rotatable bonds is 5. The molecule has 0 aliphatic rings. The first-order chi connectivity index (χ1) is 12.0. The van der Waals surface area contributed by atoms with Gasteiger partial charge in [-0.1, -0.05) is 11.3 Å². The van der Waals surface area contributed by atoms with E-state index in [0.29, 0.717) is 5.16 Å². The van der Waals surface area contributed by atoms with Crippen LogP contribution in [0.1, 0.15) is 0 Å². The van der Waals surface area contributed by atoms with Gasteiger partial charge >= 0.3 is 0 Å². The average Bonchev–Trinajstić information content (AvgIpc) is 3.07. The van der Waals surface area contributed by atoms with Crippen molar-refractivity contribution in [2.24, 2.45) is 0 Å². The number of anilines is 1. The Morgan fingerprint density at radius 3 is 2.44 bits per heavy atom. The fraction of sp³-hybridized carbons (Fsp3) is 0.235. The Hall–Kier alpha value is -2.32. The first-order valence-corrected chi connectivity index (χ1v) is 9.86. The molecule has 6 nitrogen and oxygen atoms in total. The maximum Gasteiger partial charge on any atom is 0.218 e. The smallest absolute Gasteiger partial charge is 0.218 e. The van der Waals surface area contributed by atoms with Crippen molar-refractivity contribution in [1.82, 2.24) is 15.0 Å². The lowest BCUT2D eigenvalue weighted by Crippen LogP contribution is -2.07. The van der Waals surface area contributed by atoms with E-state index in [2.05, 4.69) is 9.97 Å². The summed E-state index contributed by atoms with van der Waals surface area (Å²) in [5, 5.41) is 1.19. The van der Waals surface area contributed by atoms with Crippen LogP contribution in [0.4, 0.5) is 5.13 Å². The van der Waals surface area contributed by atoms with Crippen LogP contribution in [0.15, 0.2) is 41.7 Å². The summed E-state index contributed by atoms with van der Waals surface area (Å²) in [6.07, 6.45) is 3.20. The van der Waals surface area contributed by atoms with Crippen LogP contribution in [0.25, 0.3) is 21.8 Å². The second kappa shape index (κ2) is 7.28. The van der Waals surface area contributed by atoms with Crippen molar-refractivity contribution in [2.75, 3.05) is 32.4 Å². The number of aromatic nitrogens is 3. The Kier molecular flexibility index (Phi) is 5.10. The van der Waals surface area contributed by atoms with Crippen molar-refractivity contribution < 1.29 is 8.95 Å². The summed E-state index contributed by atoms with van der Waals surface area (Å²) >= 11 is 1.54. The van der Waals surface area contributed by atoms with Gasteiger partial charge in [-0.25, -0.2) is 15.0 Å². The molecule has 0 saturated carbocycles. The third-order valence-electron chi connectivity index (χ3n) is 3.49. The second-order valence-corrected chi connectivity index (χ2v) is 7.73. The summed E-state index contributed by atoms with van der Waals surface area (Å²) in [7, 11) is 4.31. The van der Waals surface area contributed by atoms with Crippen LogP contribution in [0, 0.1) is 0 Å². The molecule has 0 saturated heterocycles. The Morgan fingerprint density at radius 1 is 1.12 bits per heavy atom. The number of hydrogen-bond acceptors (Lipinski definition) is 7. The molecular formula is C17H18N4O2S2. The minimum atomic E-state index is -1.24. The van der Waals surface area contributed by atoms with Crippen molar-refractivity contribution in [3.63, 3.8) is 0 Å².